The number of ether oxygens (including phenoxy) is 4. The molecular weight excluding hydrogens is 727 g/mol. The quantitative estimate of drug-likeness (QED) is 0.0645. The number of rotatable bonds is 13. The van der Waals surface area contributed by atoms with Gasteiger partial charge < -0.3 is 18.9 Å². The van der Waals surface area contributed by atoms with Gasteiger partial charge in [0.05, 0.1) is 42.2 Å². The minimum absolute atomic E-state index is 0.0227. The summed E-state index contributed by atoms with van der Waals surface area (Å²) in [5.74, 6) is -3.35. The van der Waals surface area contributed by atoms with Crippen molar-refractivity contribution in [3.8, 4) is 11.5 Å². The molecule has 6 aromatic carbocycles. The molecule has 1 aliphatic rings. The Kier molecular flexibility index (Phi) is 10.8. The Hall–Kier alpha value is -7.66. The molecule has 0 fully saturated rings. The van der Waals surface area contributed by atoms with Gasteiger partial charge in [0.15, 0.2) is 12.2 Å². The van der Waals surface area contributed by atoms with Gasteiger partial charge in [-0.3, -0.25) is 19.2 Å². The van der Waals surface area contributed by atoms with Gasteiger partial charge in [-0.25, -0.2) is 14.5 Å². The van der Waals surface area contributed by atoms with Crippen LogP contribution in [0.3, 0.4) is 0 Å². The molecule has 1 aliphatic heterocycles. The number of nitrogens with zero attached hydrogens (tertiary/aromatic N) is 1. The first-order valence-electron chi connectivity index (χ1n) is 17.7. The number of esters is 2. The summed E-state index contributed by atoms with van der Waals surface area (Å²) in [5.41, 5.74) is 0.904. The van der Waals surface area contributed by atoms with Crippen LogP contribution in [-0.2, 0) is 9.47 Å². The average Bonchev–Trinajstić information content (AvgIpc) is 3.52. The summed E-state index contributed by atoms with van der Waals surface area (Å²) in [7, 11) is 3.00. The van der Waals surface area contributed by atoms with Crippen LogP contribution >= 0.6 is 0 Å². The van der Waals surface area contributed by atoms with Crippen LogP contribution in [0, 0.1) is 0 Å². The Morgan fingerprint density at radius 3 is 1.42 bits per heavy atom. The van der Waals surface area contributed by atoms with Crippen LogP contribution in [0.15, 0.2) is 152 Å². The predicted molar refractivity (Wildman–Crippen MR) is 208 cm³/mol. The van der Waals surface area contributed by atoms with E-state index in [1.54, 1.807) is 115 Å². The molecule has 282 valence electrons. The van der Waals surface area contributed by atoms with E-state index in [0.717, 1.165) is 4.90 Å². The fourth-order valence-corrected chi connectivity index (χ4v) is 6.39. The number of carbonyl (C=O) groups is 6. The minimum atomic E-state index is -1.37. The lowest BCUT2D eigenvalue weighted by molar-refractivity contribution is 0.0278. The number of benzene rings is 6. The highest BCUT2D eigenvalue weighted by atomic mass is 16.6. The summed E-state index contributed by atoms with van der Waals surface area (Å²) in [6, 6.07) is 39.4. The van der Waals surface area contributed by atoms with Crippen molar-refractivity contribution >= 4 is 41.0 Å². The van der Waals surface area contributed by atoms with Gasteiger partial charge in [-0.05, 0) is 78.9 Å². The van der Waals surface area contributed by atoms with Gasteiger partial charge in [-0.15, -0.1) is 0 Å². The summed E-state index contributed by atoms with van der Waals surface area (Å²) >= 11 is 0. The number of amides is 2. The fraction of sp³-hybridized carbons (Fsp3) is 0.0870. The molecular formula is C46H33NO10. The van der Waals surface area contributed by atoms with Crippen molar-refractivity contribution in [2.45, 2.75) is 12.2 Å². The van der Waals surface area contributed by atoms with Crippen molar-refractivity contribution in [3.63, 3.8) is 0 Å². The zero-order chi connectivity index (χ0) is 40.1. The maximum atomic E-state index is 14.0. The lowest BCUT2D eigenvalue weighted by atomic mass is 9.99. The average molecular weight is 760 g/mol. The van der Waals surface area contributed by atoms with Gasteiger partial charge in [0, 0.05) is 22.3 Å². The van der Waals surface area contributed by atoms with E-state index in [0.29, 0.717) is 22.6 Å². The van der Waals surface area contributed by atoms with Crippen molar-refractivity contribution < 1.29 is 47.7 Å². The van der Waals surface area contributed by atoms with Crippen molar-refractivity contribution in [2.24, 2.45) is 0 Å². The molecule has 0 saturated carbocycles. The van der Waals surface area contributed by atoms with Crippen LogP contribution in [0.1, 0.15) is 85.5 Å². The van der Waals surface area contributed by atoms with Crippen molar-refractivity contribution in [1.29, 1.82) is 0 Å². The van der Waals surface area contributed by atoms with Crippen LogP contribution < -0.4 is 14.4 Å². The zero-order valence-corrected chi connectivity index (χ0v) is 30.6. The maximum absolute atomic E-state index is 14.0. The predicted octanol–water partition coefficient (Wildman–Crippen LogP) is 8.07. The third-order valence-electron chi connectivity index (χ3n) is 9.37. The number of para-hydroxylation sites is 1. The van der Waals surface area contributed by atoms with E-state index < -0.39 is 47.5 Å². The lowest BCUT2D eigenvalue weighted by Gasteiger charge is -2.21. The largest absolute Gasteiger partial charge is 0.497 e. The standard InChI is InChI=1S/C46H33NO10/c1-54-33-22-17-28(18-23-33)39(48)41(30-11-5-3-6-12-30)56-45(52)32-21-26-35-37(27-32)44(51)47(43(35)50)38-16-10-9-15-36(38)46(53)57-42(31-13-7-4-8-14-31)40(49)29-19-24-34(55-2)25-20-29/h3-27,41-42H,1-2H3/t41-,42+/m0/s1. The SMILES string of the molecule is COc1ccc(C(=O)[C@@H](OC(=O)c2ccc3c(c2)C(=O)N(c2ccccc2C(=O)O[C@@H](C(=O)c2ccc(OC)cc2)c2ccccc2)C3=O)c2ccccc2)cc1. The van der Waals surface area contributed by atoms with Gasteiger partial charge in [0.25, 0.3) is 11.8 Å². The molecule has 57 heavy (non-hydrogen) atoms. The molecule has 0 spiro atoms. The Balaban J connectivity index is 1.15. The highest BCUT2D eigenvalue weighted by Crippen LogP contribution is 2.34. The third kappa shape index (κ3) is 7.67. The Morgan fingerprint density at radius 1 is 0.474 bits per heavy atom. The summed E-state index contributed by atoms with van der Waals surface area (Å²) < 4.78 is 22.1. The van der Waals surface area contributed by atoms with Crippen LogP contribution in [0.2, 0.25) is 0 Å². The van der Waals surface area contributed by atoms with Crippen LogP contribution in [0.25, 0.3) is 0 Å². The molecule has 2 amide bonds. The molecule has 11 heteroatoms. The van der Waals surface area contributed by atoms with Gasteiger partial charge in [-0.2, -0.15) is 0 Å². The van der Waals surface area contributed by atoms with Crippen LogP contribution in [-0.4, -0.2) is 49.5 Å². The molecule has 0 N–H and O–H groups in total. The number of carbonyl (C=O) groups excluding carboxylic acids is 6. The molecule has 6 aromatic rings. The number of anilines is 1. The lowest BCUT2D eigenvalue weighted by Crippen LogP contribution is -2.31. The summed E-state index contributed by atoms with van der Waals surface area (Å²) in [4.78, 5) is 83.7. The summed E-state index contributed by atoms with van der Waals surface area (Å²) in [6.45, 7) is 0. The first-order chi connectivity index (χ1) is 27.7. The van der Waals surface area contributed by atoms with E-state index >= 15 is 0 Å². The fourth-order valence-electron chi connectivity index (χ4n) is 6.39. The molecule has 0 aromatic heterocycles. The van der Waals surface area contributed by atoms with Gasteiger partial charge >= 0.3 is 11.9 Å². The normalized spacial score (nSPS) is 12.9. The van der Waals surface area contributed by atoms with E-state index in [1.165, 1.54) is 50.6 Å². The van der Waals surface area contributed by atoms with E-state index in [9.17, 15) is 28.8 Å². The zero-order valence-electron chi connectivity index (χ0n) is 30.6. The number of ketones is 2. The maximum Gasteiger partial charge on any atom is 0.341 e. The number of imide groups is 1. The number of methoxy groups -OCH3 is 2. The minimum Gasteiger partial charge on any atom is -0.497 e. The number of hydrogen-bond acceptors (Lipinski definition) is 10. The first kappa shape index (κ1) is 37.6. The smallest absolute Gasteiger partial charge is 0.341 e. The Labute approximate surface area is 327 Å². The summed E-state index contributed by atoms with van der Waals surface area (Å²) in [5, 5.41) is 0. The number of hydrogen-bond donors (Lipinski definition) is 0. The molecule has 7 rings (SSSR count). The van der Waals surface area contributed by atoms with Gasteiger partial charge in [0.2, 0.25) is 11.6 Å². The second kappa shape index (κ2) is 16.4. The number of Topliss-reactive ketones (excluding diaryl/α,β-unsaturated/α-hetero) is 2. The van der Waals surface area contributed by atoms with Crippen molar-refractivity contribution in [3.05, 3.63) is 196 Å². The monoisotopic (exact) mass is 759 g/mol. The highest BCUT2D eigenvalue weighted by Gasteiger charge is 2.40. The van der Waals surface area contributed by atoms with Crippen molar-refractivity contribution in [1.82, 2.24) is 0 Å². The van der Waals surface area contributed by atoms with Gasteiger partial charge in [0.1, 0.15) is 11.5 Å². The molecule has 0 bridgehead atoms. The van der Waals surface area contributed by atoms with Crippen LogP contribution in [0.4, 0.5) is 5.69 Å². The second-order valence-electron chi connectivity index (χ2n) is 12.8. The molecule has 0 saturated heterocycles. The first-order valence-corrected chi connectivity index (χ1v) is 17.7. The summed E-state index contributed by atoms with van der Waals surface area (Å²) in [6.07, 6.45) is -2.70. The molecule has 0 radical (unpaired) electrons. The second-order valence-corrected chi connectivity index (χ2v) is 12.8. The van der Waals surface area contributed by atoms with E-state index in [1.807, 2.05) is 0 Å². The number of fused-ring (bicyclic) bond motifs is 1. The molecule has 1 heterocycles. The van der Waals surface area contributed by atoms with E-state index in [2.05, 4.69) is 0 Å². The van der Waals surface area contributed by atoms with E-state index in [4.69, 9.17) is 18.9 Å². The molecule has 2 atom stereocenters. The Morgan fingerprint density at radius 2 is 0.912 bits per heavy atom. The Bertz CT molecular complexity index is 2500. The molecule has 0 aliphatic carbocycles. The third-order valence-corrected chi connectivity index (χ3v) is 9.37. The highest BCUT2D eigenvalue weighted by molar-refractivity contribution is 6.35. The molecule has 0 unspecified atom stereocenters. The van der Waals surface area contributed by atoms with Gasteiger partial charge in [-0.1, -0.05) is 72.8 Å². The van der Waals surface area contributed by atoms with Crippen molar-refractivity contribution in [2.75, 3.05) is 19.1 Å². The molecule has 11 nitrogen and oxygen atoms in total. The topological polar surface area (TPSA) is 143 Å². The van der Waals surface area contributed by atoms with E-state index in [-0.39, 0.29) is 39.1 Å². The van der Waals surface area contributed by atoms with Crippen LogP contribution in [0.5, 0.6) is 11.5 Å².